The lowest BCUT2D eigenvalue weighted by Gasteiger charge is -2.14. The minimum Gasteiger partial charge on any atom is -0.198 e. The third-order valence-corrected chi connectivity index (χ3v) is 2.62. The van der Waals surface area contributed by atoms with Gasteiger partial charge in [0.2, 0.25) is 0 Å². The first-order valence-corrected chi connectivity index (χ1v) is 4.21. The van der Waals surface area contributed by atoms with Crippen molar-refractivity contribution in [1.29, 1.82) is 5.26 Å². The summed E-state index contributed by atoms with van der Waals surface area (Å²) in [7, 11) is 0. The van der Waals surface area contributed by atoms with Crippen LogP contribution in [0, 0.1) is 23.2 Å². The molecule has 1 nitrogen and oxygen atoms in total. The van der Waals surface area contributed by atoms with Crippen molar-refractivity contribution < 1.29 is 0 Å². The summed E-state index contributed by atoms with van der Waals surface area (Å²) >= 11 is 0. The van der Waals surface area contributed by atoms with Gasteiger partial charge in [-0.25, -0.2) is 0 Å². The molecule has 0 aromatic carbocycles. The average molecular weight is 137 g/mol. The van der Waals surface area contributed by atoms with Crippen LogP contribution in [0.1, 0.15) is 39.0 Å². The van der Waals surface area contributed by atoms with Crippen LogP contribution in [0.25, 0.3) is 0 Å². The summed E-state index contributed by atoms with van der Waals surface area (Å²) in [6, 6.07) is 2.24. The fraction of sp³-hybridized carbons (Fsp3) is 0.889. The third-order valence-electron chi connectivity index (χ3n) is 2.62. The Morgan fingerprint density at radius 3 is 2.60 bits per heavy atom. The Morgan fingerprint density at radius 1 is 1.50 bits per heavy atom. The van der Waals surface area contributed by atoms with Gasteiger partial charge in [-0.1, -0.05) is 32.6 Å². The predicted octanol–water partition coefficient (Wildman–Crippen LogP) is 2.73. The highest BCUT2D eigenvalue weighted by Gasteiger charge is 2.20. The van der Waals surface area contributed by atoms with Crippen molar-refractivity contribution >= 4 is 0 Å². The zero-order valence-corrected chi connectivity index (χ0v) is 6.64. The molecule has 0 amide bonds. The Kier molecular flexibility index (Phi) is 2.74. The monoisotopic (exact) mass is 137 g/mol. The minimum absolute atomic E-state index is 0.646. The first-order chi connectivity index (χ1) is 4.84. The van der Waals surface area contributed by atoms with Crippen molar-refractivity contribution in [2.45, 2.75) is 39.0 Å². The van der Waals surface area contributed by atoms with Crippen LogP contribution in [0.3, 0.4) is 0 Å². The number of nitriles is 1. The van der Waals surface area contributed by atoms with E-state index in [0.29, 0.717) is 5.92 Å². The van der Waals surface area contributed by atoms with E-state index in [1.807, 2.05) is 0 Å². The molecule has 0 aromatic rings. The number of hydrogen-bond acceptors (Lipinski definition) is 1. The van der Waals surface area contributed by atoms with Gasteiger partial charge in [-0.2, -0.15) is 5.26 Å². The summed E-state index contributed by atoms with van der Waals surface area (Å²) in [5, 5.41) is 8.45. The standard InChI is InChI=1S/C9H15N/c1-8(6-7-10)9-4-2-3-5-9/h8-9H,2-6H2,1H3/t8-/m1/s1. The normalized spacial score (nSPS) is 22.4. The lowest BCUT2D eigenvalue weighted by atomic mass is 9.90. The van der Waals surface area contributed by atoms with Crippen molar-refractivity contribution in [3.63, 3.8) is 0 Å². The summed E-state index contributed by atoms with van der Waals surface area (Å²) in [5.41, 5.74) is 0. The maximum atomic E-state index is 8.45. The average Bonchev–Trinajstić information content (AvgIpc) is 2.38. The van der Waals surface area contributed by atoms with Gasteiger partial charge in [0.25, 0.3) is 0 Å². The Labute approximate surface area is 63.0 Å². The van der Waals surface area contributed by atoms with Crippen LogP contribution < -0.4 is 0 Å². The van der Waals surface area contributed by atoms with Crippen molar-refractivity contribution in [2.24, 2.45) is 11.8 Å². The lowest BCUT2D eigenvalue weighted by molar-refractivity contribution is 0.373. The predicted molar refractivity (Wildman–Crippen MR) is 41.4 cm³/mol. The van der Waals surface area contributed by atoms with E-state index in [4.69, 9.17) is 5.26 Å². The summed E-state index contributed by atoms with van der Waals surface area (Å²) < 4.78 is 0. The second-order valence-corrected chi connectivity index (χ2v) is 3.38. The van der Waals surface area contributed by atoms with E-state index < -0.39 is 0 Å². The molecule has 1 fully saturated rings. The highest BCUT2D eigenvalue weighted by atomic mass is 14.3. The highest BCUT2D eigenvalue weighted by molar-refractivity contribution is 4.80. The molecule has 0 bridgehead atoms. The summed E-state index contributed by atoms with van der Waals surface area (Å²) in [5.74, 6) is 1.51. The Bertz CT molecular complexity index is 128. The molecule has 1 heteroatoms. The molecule has 0 N–H and O–H groups in total. The van der Waals surface area contributed by atoms with Crippen LogP contribution in [0.15, 0.2) is 0 Å². The maximum absolute atomic E-state index is 8.45. The molecule has 1 atom stereocenters. The van der Waals surface area contributed by atoms with Crippen LogP contribution in [0.4, 0.5) is 0 Å². The highest BCUT2D eigenvalue weighted by Crippen LogP contribution is 2.32. The topological polar surface area (TPSA) is 23.8 Å². The molecule has 0 aromatic heterocycles. The molecule has 0 unspecified atom stereocenters. The van der Waals surface area contributed by atoms with Crippen molar-refractivity contribution in [3.8, 4) is 6.07 Å². The van der Waals surface area contributed by atoms with Gasteiger partial charge in [-0.15, -0.1) is 0 Å². The van der Waals surface area contributed by atoms with Gasteiger partial charge in [-0.05, 0) is 11.8 Å². The van der Waals surface area contributed by atoms with Gasteiger partial charge in [-0.3, -0.25) is 0 Å². The van der Waals surface area contributed by atoms with E-state index in [2.05, 4.69) is 13.0 Å². The summed E-state index contributed by atoms with van der Waals surface area (Å²) in [4.78, 5) is 0. The molecule has 1 rings (SSSR count). The molecular formula is C9H15N. The van der Waals surface area contributed by atoms with E-state index in [0.717, 1.165) is 12.3 Å². The molecule has 0 heterocycles. The van der Waals surface area contributed by atoms with E-state index in [9.17, 15) is 0 Å². The fourth-order valence-electron chi connectivity index (χ4n) is 1.84. The van der Waals surface area contributed by atoms with Gasteiger partial charge in [0, 0.05) is 6.42 Å². The Morgan fingerprint density at radius 2 is 2.10 bits per heavy atom. The quantitative estimate of drug-likeness (QED) is 0.574. The van der Waals surface area contributed by atoms with E-state index in [1.54, 1.807) is 0 Å². The van der Waals surface area contributed by atoms with E-state index in [-0.39, 0.29) is 0 Å². The number of hydrogen-bond donors (Lipinski definition) is 0. The SMILES string of the molecule is C[C@H](CC#N)C1CCCC1. The molecule has 1 aliphatic carbocycles. The van der Waals surface area contributed by atoms with Gasteiger partial charge >= 0.3 is 0 Å². The van der Waals surface area contributed by atoms with Crippen molar-refractivity contribution in [2.75, 3.05) is 0 Å². The zero-order valence-electron chi connectivity index (χ0n) is 6.64. The van der Waals surface area contributed by atoms with Crippen LogP contribution in [0.2, 0.25) is 0 Å². The number of rotatable bonds is 2. The summed E-state index contributed by atoms with van der Waals surface area (Å²) in [6.45, 7) is 2.21. The fourth-order valence-corrected chi connectivity index (χ4v) is 1.84. The van der Waals surface area contributed by atoms with Crippen molar-refractivity contribution in [1.82, 2.24) is 0 Å². The third kappa shape index (κ3) is 1.73. The Balaban J connectivity index is 2.26. The summed E-state index contributed by atoms with van der Waals surface area (Å²) in [6.07, 6.45) is 6.26. The molecule has 0 aliphatic heterocycles. The van der Waals surface area contributed by atoms with Gasteiger partial charge in [0.15, 0.2) is 0 Å². The van der Waals surface area contributed by atoms with E-state index >= 15 is 0 Å². The second-order valence-electron chi connectivity index (χ2n) is 3.38. The van der Waals surface area contributed by atoms with Gasteiger partial charge in [0.05, 0.1) is 6.07 Å². The molecule has 1 aliphatic rings. The van der Waals surface area contributed by atoms with Crippen LogP contribution >= 0.6 is 0 Å². The van der Waals surface area contributed by atoms with Crippen LogP contribution in [-0.2, 0) is 0 Å². The second kappa shape index (κ2) is 3.61. The van der Waals surface area contributed by atoms with Gasteiger partial charge < -0.3 is 0 Å². The molecule has 0 radical (unpaired) electrons. The molecule has 0 saturated heterocycles. The van der Waals surface area contributed by atoms with Crippen LogP contribution in [-0.4, -0.2) is 0 Å². The molecule has 0 spiro atoms. The smallest absolute Gasteiger partial charge is 0.0624 e. The maximum Gasteiger partial charge on any atom is 0.0624 e. The molecule has 56 valence electrons. The van der Waals surface area contributed by atoms with Crippen LogP contribution in [0.5, 0.6) is 0 Å². The number of nitrogens with zero attached hydrogens (tertiary/aromatic N) is 1. The molecular weight excluding hydrogens is 122 g/mol. The van der Waals surface area contributed by atoms with E-state index in [1.165, 1.54) is 25.7 Å². The zero-order chi connectivity index (χ0) is 7.40. The minimum atomic E-state index is 0.646. The first-order valence-electron chi connectivity index (χ1n) is 4.21. The van der Waals surface area contributed by atoms with Gasteiger partial charge in [0.1, 0.15) is 0 Å². The molecule has 1 saturated carbocycles. The largest absolute Gasteiger partial charge is 0.198 e. The lowest BCUT2D eigenvalue weighted by Crippen LogP contribution is -2.05. The molecule has 10 heavy (non-hydrogen) atoms. The van der Waals surface area contributed by atoms with Crippen molar-refractivity contribution in [3.05, 3.63) is 0 Å². The first kappa shape index (κ1) is 7.60. The Hall–Kier alpha value is -0.510.